The fourth-order valence-electron chi connectivity index (χ4n) is 2.55. The van der Waals surface area contributed by atoms with Crippen LogP contribution < -0.4 is 0 Å². The molecule has 1 aliphatic rings. The Morgan fingerprint density at radius 2 is 1.95 bits per heavy atom. The summed E-state index contributed by atoms with van der Waals surface area (Å²) in [6.07, 6.45) is 1.69. The molecule has 3 heteroatoms. The number of aryl methyl sites for hydroxylation is 1. The minimum Gasteiger partial charge on any atom is -0.391 e. The Morgan fingerprint density at radius 1 is 1.30 bits per heavy atom. The summed E-state index contributed by atoms with van der Waals surface area (Å²) in [5.41, 5.74) is 2.68. The summed E-state index contributed by atoms with van der Waals surface area (Å²) in [4.78, 5) is 13.8. The van der Waals surface area contributed by atoms with Crippen molar-refractivity contribution in [2.24, 2.45) is 0 Å². The number of carbonyl (C=O) groups is 1. The number of β-amino-alcohol motifs (C(OH)–C–C–N with tert-alkyl or cyclic N) is 1. The predicted octanol–water partition coefficient (Wildman–Crippen LogP) is 2.51. The number of hydrogen-bond acceptors (Lipinski definition) is 2. The quantitative estimate of drug-likeness (QED) is 0.921. The Bertz CT molecular complexity index is 459. The topological polar surface area (TPSA) is 40.5 Å². The van der Waals surface area contributed by atoms with Gasteiger partial charge in [0.2, 0.25) is 5.91 Å². The van der Waals surface area contributed by atoms with Gasteiger partial charge in [0.05, 0.1) is 6.10 Å². The standard InChI is InChI=1S/C17H25NO2/c1-17(2,3)14-7-4-13(5-8-14)6-9-16(20)18-11-10-15(19)12-18/h4-5,7-8,15,19H,6,9-12H2,1-3H3. The monoisotopic (exact) mass is 275 g/mol. The SMILES string of the molecule is CC(C)(C)c1ccc(CCC(=O)N2CCC(O)C2)cc1. The molecule has 0 radical (unpaired) electrons. The van der Waals surface area contributed by atoms with E-state index in [0.717, 1.165) is 6.42 Å². The van der Waals surface area contributed by atoms with Gasteiger partial charge in [-0.25, -0.2) is 0 Å². The van der Waals surface area contributed by atoms with Gasteiger partial charge < -0.3 is 10.0 Å². The second-order valence-electron chi connectivity index (χ2n) is 6.73. The van der Waals surface area contributed by atoms with Gasteiger partial charge in [-0.05, 0) is 29.4 Å². The van der Waals surface area contributed by atoms with Crippen LogP contribution in [0.15, 0.2) is 24.3 Å². The number of benzene rings is 1. The van der Waals surface area contributed by atoms with Crippen molar-refractivity contribution in [3.05, 3.63) is 35.4 Å². The lowest BCUT2D eigenvalue weighted by atomic mass is 9.86. The van der Waals surface area contributed by atoms with Crippen LogP contribution in [0.3, 0.4) is 0 Å². The molecule has 1 atom stereocenters. The maximum Gasteiger partial charge on any atom is 0.222 e. The van der Waals surface area contributed by atoms with Crippen LogP contribution in [-0.2, 0) is 16.6 Å². The third kappa shape index (κ3) is 3.83. The van der Waals surface area contributed by atoms with Crippen molar-refractivity contribution in [1.29, 1.82) is 0 Å². The van der Waals surface area contributed by atoms with Crippen LogP contribution in [0.4, 0.5) is 0 Å². The normalized spacial score (nSPS) is 19.4. The van der Waals surface area contributed by atoms with Crippen LogP contribution in [0.2, 0.25) is 0 Å². The minimum absolute atomic E-state index is 0.154. The number of rotatable bonds is 3. The van der Waals surface area contributed by atoms with Crippen molar-refractivity contribution < 1.29 is 9.90 Å². The van der Waals surface area contributed by atoms with E-state index < -0.39 is 0 Å². The summed E-state index contributed by atoms with van der Waals surface area (Å²) in [7, 11) is 0. The molecule has 110 valence electrons. The second kappa shape index (κ2) is 5.96. The van der Waals surface area contributed by atoms with Crippen molar-refractivity contribution in [2.75, 3.05) is 13.1 Å². The first kappa shape index (κ1) is 15.0. The molecule has 1 unspecified atom stereocenters. The fourth-order valence-corrected chi connectivity index (χ4v) is 2.55. The molecular formula is C17H25NO2. The Kier molecular flexibility index (Phi) is 4.48. The summed E-state index contributed by atoms with van der Waals surface area (Å²) >= 11 is 0. The summed E-state index contributed by atoms with van der Waals surface area (Å²) in [5, 5.41) is 9.45. The summed E-state index contributed by atoms with van der Waals surface area (Å²) < 4.78 is 0. The van der Waals surface area contributed by atoms with Crippen LogP contribution in [0.25, 0.3) is 0 Å². The lowest BCUT2D eigenvalue weighted by molar-refractivity contribution is -0.130. The highest BCUT2D eigenvalue weighted by molar-refractivity contribution is 5.76. The van der Waals surface area contributed by atoms with Crippen molar-refractivity contribution in [1.82, 2.24) is 4.90 Å². The molecule has 0 bridgehead atoms. The van der Waals surface area contributed by atoms with Crippen LogP contribution in [-0.4, -0.2) is 35.1 Å². The van der Waals surface area contributed by atoms with Gasteiger partial charge in [-0.15, -0.1) is 0 Å². The zero-order chi connectivity index (χ0) is 14.8. The molecule has 1 aliphatic heterocycles. The molecule has 20 heavy (non-hydrogen) atoms. The Hall–Kier alpha value is -1.35. The van der Waals surface area contributed by atoms with Gasteiger partial charge in [0, 0.05) is 19.5 Å². The average molecular weight is 275 g/mol. The summed E-state index contributed by atoms with van der Waals surface area (Å²) in [6.45, 7) is 7.80. The zero-order valence-electron chi connectivity index (χ0n) is 12.7. The molecule has 0 saturated carbocycles. The molecule has 1 heterocycles. The Labute approximate surface area is 121 Å². The van der Waals surface area contributed by atoms with Gasteiger partial charge in [-0.2, -0.15) is 0 Å². The molecule has 1 fully saturated rings. The van der Waals surface area contributed by atoms with Gasteiger partial charge >= 0.3 is 0 Å². The van der Waals surface area contributed by atoms with E-state index in [1.807, 2.05) is 0 Å². The molecule has 0 spiro atoms. The lowest BCUT2D eigenvalue weighted by Crippen LogP contribution is -2.29. The molecule has 1 aromatic rings. The largest absolute Gasteiger partial charge is 0.391 e. The summed E-state index contributed by atoms with van der Waals surface area (Å²) in [6, 6.07) is 8.54. The molecule has 3 nitrogen and oxygen atoms in total. The highest BCUT2D eigenvalue weighted by atomic mass is 16.3. The number of nitrogens with zero attached hydrogens (tertiary/aromatic N) is 1. The van der Waals surface area contributed by atoms with Crippen LogP contribution in [0.1, 0.15) is 44.7 Å². The van der Waals surface area contributed by atoms with Crippen LogP contribution in [0.5, 0.6) is 0 Å². The number of carbonyl (C=O) groups excluding carboxylic acids is 1. The van der Waals surface area contributed by atoms with E-state index >= 15 is 0 Å². The van der Waals surface area contributed by atoms with E-state index in [9.17, 15) is 9.90 Å². The molecule has 0 aliphatic carbocycles. The highest BCUT2D eigenvalue weighted by Gasteiger charge is 2.23. The number of aliphatic hydroxyl groups is 1. The van der Waals surface area contributed by atoms with E-state index in [-0.39, 0.29) is 17.4 Å². The Balaban J connectivity index is 1.86. The molecular weight excluding hydrogens is 250 g/mol. The molecule has 1 N–H and O–H groups in total. The third-order valence-electron chi connectivity index (χ3n) is 3.96. The number of amides is 1. The van der Waals surface area contributed by atoms with E-state index in [2.05, 4.69) is 45.0 Å². The number of hydrogen-bond donors (Lipinski definition) is 1. The maximum absolute atomic E-state index is 12.0. The van der Waals surface area contributed by atoms with Gasteiger partial charge in [-0.1, -0.05) is 45.0 Å². The van der Waals surface area contributed by atoms with E-state index in [0.29, 0.717) is 25.9 Å². The molecule has 2 rings (SSSR count). The molecule has 0 aromatic heterocycles. The fraction of sp³-hybridized carbons (Fsp3) is 0.588. The van der Waals surface area contributed by atoms with Crippen molar-refractivity contribution in [3.8, 4) is 0 Å². The lowest BCUT2D eigenvalue weighted by Gasteiger charge is -2.19. The Morgan fingerprint density at radius 3 is 2.45 bits per heavy atom. The van der Waals surface area contributed by atoms with Crippen LogP contribution in [0, 0.1) is 0 Å². The first-order chi connectivity index (χ1) is 9.36. The second-order valence-corrected chi connectivity index (χ2v) is 6.73. The first-order valence-electron chi connectivity index (χ1n) is 7.41. The number of aliphatic hydroxyl groups excluding tert-OH is 1. The number of likely N-dealkylation sites (tertiary alicyclic amines) is 1. The van der Waals surface area contributed by atoms with Gasteiger partial charge in [0.15, 0.2) is 0 Å². The highest BCUT2D eigenvalue weighted by Crippen LogP contribution is 2.22. The van der Waals surface area contributed by atoms with Gasteiger partial charge in [0.25, 0.3) is 0 Å². The van der Waals surface area contributed by atoms with Crippen molar-refractivity contribution in [2.45, 2.75) is 51.6 Å². The van der Waals surface area contributed by atoms with Gasteiger partial charge in [-0.3, -0.25) is 4.79 Å². The molecule has 1 amide bonds. The zero-order valence-corrected chi connectivity index (χ0v) is 12.7. The minimum atomic E-state index is -0.329. The average Bonchev–Trinajstić information content (AvgIpc) is 2.82. The van der Waals surface area contributed by atoms with E-state index in [1.54, 1.807) is 4.90 Å². The van der Waals surface area contributed by atoms with Crippen molar-refractivity contribution in [3.63, 3.8) is 0 Å². The maximum atomic E-state index is 12.0. The molecule has 1 aromatic carbocycles. The predicted molar refractivity (Wildman–Crippen MR) is 80.7 cm³/mol. The third-order valence-corrected chi connectivity index (χ3v) is 3.96. The first-order valence-corrected chi connectivity index (χ1v) is 7.41. The van der Waals surface area contributed by atoms with Crippen molar-refractivity contribution >= 4 is 5.91 Å². The van der Waals surface area contributed by atoms with E-state index in [4.69, 9.17) is 0 Å². The van der Waals surface area contributed by atoms with Crippen LogP contribution >= 0.6 is 0 Å². The van der Waals surface area contributed by atoms with E-state index in [1.165, 1.54) is 11.1 Å². The molecule has 1 saturated heterocycles. The van der Waals surface area contributed by atoms with Gasteiger partial charge in [0.1, 0.15) is 0 Å². The smallest absolute Gasteiger partial charge is 0.222 e. The summed E-state index contributed by atoms with van der Waals surface area (Å²) in [5.74, 6) is 0.154.